The normalized spacial score (nSPS) is 12.0. The van der Waals surface area contributed by atoms with Gasteiger partial charge in [-0.25, -0.2) is 4.98 Å². The van der Waals surface area contributed by atoms with Gasteiger partial charge in [0.1, 0.15) is 11.3 Å². The predicted octanol–water partition coefficient (Wildman–Crippen LogP) is 5.77. The predicted molar refractivity (Wildman–Crippen MR) is 138 cm³/mol. The lowest BCUT2D eigenvalue weighted by molar-refractivity contribution is 0.0999. The van der Waals surface area contributed by atoms with Gasteiger partial charge in [-0.2, -0.15) is 4.99 Å². The molecule has 0 fully saturated rings. The van der Waals surface area contributed by atoms with Gasteiger partial charge in [-0.15, -0.1) is 11.3 Å². The SMILES string of the molecule is CCOc1cccc2sc(=NC(=O)c3cc(-c4cccs4)nc4ccccc34)n(CCOC)c12. The molecule has 172 valence electrons. The Hall–Kier alpha value is -3.33. The molecule has 0 N–H and O–H groups in total. The maximum Gasteiger partial charge on any atom is 0.280 e. The Bertz CT molecular complexity index is 1530. The highest BCUT2D eigenvalue weighted by molar-refractivity contribution is 7.16. The molecule has 34 heavy (non-hydrogen) atoms. The van der Waals surface area contributed by atoms with Crippen molar-refractivity contribution in [2.24, 2.45) is 4.99 Å². The topological polar surface area (TPSA) is 65.7 Å². The molecule has 0 bridgehead atoms. The number of benzene rings is 2. The fourth-order valence-corrected chi connectivity index (χ4v) is 5.65. The number of ether oxygens (including phenoxy) is 2. The number of thiophene rings is 1. The van der Waals surface area contributed by atoms with Crippen LogP contribution < -0.4 is 9.54 Å². The van der Waals surface area contributed by atoms with E-state index in [2.05, 4.69) is 4.99 Å². The van der Waals surface area contributed by atoms with Gasteiger partial charge in [0.15, 0.2) is 4.80 Å². The number of hydrogen-bond donors (Lipinski definition) is 0. The Morgan fingerprint density at radius 3 is 2.79 bits per heavy atom. The number of thiazole rings is 1. The molecular formula is C26H23N3O3S2. The van der Waals surface area contributed by atoms with Gasteiger partial charge in [0.05, 0.1) is 39.6 Å². The number of rotatable bonds is 7. The van der Waals surface area contributed by atoms with Crippen LogP contribution >= 0.6 is 22.7 Å². The number of aromatic nitrogens is 2. The third-order valence-electron chi connectivity index (χ3n) is 5.40. The zero-order valence-corrected chi connectivity index (χ0v) is 20.5. The third-order valence-corrected chi connectivity index (χ3v) is 7.34. The largest absolute Gasteiger partial charge is 0.492 e. The maximum absolute atomic E-state index is 13.6. The summed E-state index contributed by atoms with van der Waals surface area (Å²) in [7, 11) is 1.66. The molecule has 0 radical (unpaired) electrons. The van der Waals surface area contributed by atoms with Crippen molar-refractivity contribution in [2.45, 2.75) is 13.5 Å². The lowest BCUT2D eigenvalue weighted by atomic mass is 10.1. The lowest BCUT2D eigenvalue weighted by Crippen LogP contribution is -2.20. The first-order valence-electron chi connectivity index (χ1n) is 11.0. The first-order chi connectivity index (χ1) is 16.7. The Labute approximate surface area is 204 Å². The average molecular weight is 490 g/mol. The van der Waals surface area contributed by atoms with Crippen molar-refractivity contribution in [3.8, 4) is 16.3 Å². The Morgan fingerprint density at radius 1 is 1.12 bits per heavy atom. The molecule has 0 spiro atoms. The van der Waals surface area contributed by atoms with Gasteiger partial charge >= 0.3 is 0 Å². The molecule has 0 atom stereocenters. The number of carbonyl (C=O) groups is 1. The number of para-hydroxylation sites is 2. The molecule has 0 saturated carbocycles. The van der Waals surface area contributed by atoms with Gasteiger partial charge in [0.2, 0.25) is 0 Å². The van der Waals surface area contributed by atoms with E-state index in [1.54, 1.807) is 18.4 Å². The van der Waals surface area contributed by atoms with E-state index in [0.29, 0.717) is 30.1 Å². The van der Waals surface area contributed by atoms with Crippen molar-refractivity contribution >= 4 is 49.7 Å². The van der Waals surface area contributed by atoms with Gasteiger partial charge in [-0.1, -0.05) is 41.7 Å². The molecule has 0 aliphatic heterocycles. The van der Waals surface area contributed by atoms with Gasteiger partial charge in [0.25, 0.3) is 5.91 Å². The van der Waals surface area contributed by atoms with E-state index in [-0.39, 0.29) is 5.91 Å². The average Bonchev–Trinajstić information content (AvgIpc) is 3.51. The summed E-state index contributed by atoms with van der Waals surface area (Å²) in [5.41, 5.74) is 3.01. The van der Waals surface area contributed by atoms with E-state index in [1.807, 2.05) is 77.5 Å². The van der Waals surface area contributed by atoms with Crippen LogP contribution in [0, 0.1) is 0 Å². The third kappa shape index (κ3) is 4.27. The molecule has 6 nitrogen and oxygen atoms in total. The summed E-state index contributed by atoms with van der Waals surface area (Å²) in [6, 6.07) is 19.4. The summed E-state index contributed by atoms with van der Waals surface area (Å²) in [6.07, 6.45) is 0. The number of pyridine rings is 1. The molecule has 2 aromatic carbocycles. The number of hydrogen-bond acceptors (Lipinski definition) is 6. The van der Waals surface area contributed by atoms with Crippen molar-refractivity contribution < 1.29 is 14.3 Å². The number of carbonyl (C=O) groups excluding carboxylic acids is 1. The second-order valence-electron chi connectivity index (χ2n) is 7.53. The van der Waals surface area contributed by atoms with Crippen LogP contribution in [-0.2, 0) is 11.3 Å². The highest BCUT2D eigenvalue weighted by Crippen LogP contribution is 2.29. The van der Waals surface area contributed by atoms with E-state index in [4.69, 9.17) is 14.5 Å². The second kappa shape index (κ2) is 9.89. The number of fused-ring (bicyclic) bond motifs is 2. The molecule has 0 unspecified atom stereocenters. The van der Waals surface area contributed by atoms with Crippen molar-refractivity contribution in [1.29, 1.82) is 0 Å². The van der Waals surface area contributed by atoms with Gasteiger partial charge in [-0.3, -0.25) is 4.79 Å². The molecular weight excluding hydrogens is 466 g/mol. The summed E-state index contributed by atoms with van der Waals surface area (Å²) < 4.78 is 14.2. The Kier molecular flexibility index (Phi) is 6.53. The fourth-order valence-electron chi connectivity index (χ4n) is 3.89. The highest BCUT2D eigenvalue weighted by Gasteiger charge is 2.16. The molecule has 0 aliphatic rings. The standard InChI is InChI=1S/C26H23N3O3S2/c1-3-32-21-10-6-11-23-24(21)29(13-14-31-2)26(34-23)28-25(30)18-16-20(22-12-7-15-33-22)27-19-9-5-4-8-17(18)19/h4-12,15-16H,3,13-14H2,1-2H3. The van der Waals surface area contributed by atoms with Crippen LogP contribution in [0.15, 0.2) is 71.0 Å². The number of methoxy groups -OCH3 is 1. The fraction of sp³-hybridized carbons (Fsp3) is 0.192. The molecule has 8 heteroatoms. The van der Waals surface area contributed by atoms with Gasteiger partial charge < -0.3 is 14.0 Å². The zero-order chi connectivity index (χ0) is 23.5. The summed E-state index contributed by atoms with van der Waals surface area (Å²) in [4.78, 5) is 24.6. The van der Waals surface area contributed by atoms with Crippen molar-refractivity contribution in [1.82, 2.24) is 9.55 Å². The molecule has 3 heterocycles. The van der Waals surface area contributed by atoms with Crippen LogP contribution in [0.4, 0.5) is 0 Å². The number of amides is 1. The van der Waals surface area contributed by atoms with Crippen LogP contribution in [0.2, 0.25) is 0 Å². The van der Waals surface area contributed by atoms with E-state index < -0.39 is 0 Å². The molecule has 5 aromatic rings. The minimum Gasteiger partial charge on any atom is -0.492 e. The minimum absolute atomic E-state index is 0.299. The van der Waals surface area contributed by atoms with Crippen molar-refractivity contribution in [3.05, 3.63) is 76.4 Å². The quantitative estimate of drug-likeness (QED) is 0.291. The summed E-state index contributed by atoms with van der Waals surface area (Å²) >= 11 is 3.07. The number of nitrogens with zero attached hydrogens (tertiary/aromatic N) is 3. The van der Waals surface area contributed by atoms with Crippen LogP contribution in [0.3, 0.4) is 0 Å². The van der Waals surface area contributed by atoms with E-state index in [0.717, 1.165) is 37.4 Å². The van der Waals surface area contributed by atoms with E-state index in [1.165, 1.54) is 11.3 Å². The lowest BCUT2D eigenvalue weighted by Gasteiger charge is -2.09. The van der Waals surface area contributed by atoms with Crippen LogP contribution in [0.1, 0.15) is 17.3 Å². The zero-order valence-electron chi connectivity index (χ0n) is 18.9. The first-order valence-corrected chi connectivity index (χ1v) is 12.7. The molecule has 5 rings (SSSR count). The summed E-state index contributed by atoms with van der Waals surface area (Å²) in [5, 5.41) is 2.79. The van der Waals surface area contributed by atoms with Gasteiger partial charge in [-0.05, 0) is 42.6 Å². The van der Waals surface area contributed by atoms with Crippen LogP contribution in [-0.4, -0.2) is 35.8 Å². The highest BCUT2D eigenvalue weighted by atomic mass is 32.1. The monoisotopic (exact) mass is 489 g/mol. The van der Waals surface area contributed by atoms with Crippen LogP contribution in [0.25, 0.3) is 31.7 Å². The minimum atomic E-state index is -0.299. The second-order valence-corrected chi connectivity index (χ2v) is 9.49. The first kappa shape index (κ1) is 22.5. The van der Waals surface area contributed by atoms with Gasteiger partial charge in [0, 0.05) is 19.0 Å². The van der Waals surface area contributed by atoms with Crippen LogP contribution in [0.5, 0.6) is 5.75 Å². The maximum atomic E-state index is 13.6. The van der Waals surface area contributed by atoms with Crippen molar-refractivity contribution in [2.75, 3.05) is 20.3 Å². The molecule has 3 aromatic heterocycles. The Balaban J connectivity index is 1.69. The van der Waals surface area contributed by atoms with E-state index in [9.17, 15) is 4.79 Å². The summed E-state index contributed by atoms with van der Waals surface area (Å²) in [6.45, 7) is 3.57. The molecule has 0 saturated heterocycles. The molecule has 0 aliphatic carbocycles. The Morgan fingerprint density at radius 2 is 2.00 bits per heavy atom. The summed E-state index contributed by atoms with van der Waals surface area (Å²) in [5.74, 6) is 0.475. The van der Waals surface area contributed by atoms with Crippen molar-refractivity contribution in [3.63, 3.8) is 0 Å². The smallest absolute Gasteiger partial charge is 0.280 e. The van der Waals surface area contributed by atoms with E-state index >= 15 is 0 Å². The molecule has 1 amide bonds.